The predicted octanol–water partition coefficient (Wildman–Crippen LogP) is 9.31. The normalized spacial score (nSPS) is 18.0. The quantitative estimate of drug-likeness (QED) is 0.174. The fourth-order valence-electron chi connectivity index (χ4n) is 5.74. The molecular weight excluding hydrogens is 438 g/mol. The maximum Gasteiger partial charge on any atom is 0.247 e. The van der Waals surface area contributed by atoms with Gasteiger partial charge < -0.3 is 4.90 Å². The molecule has 1 aliphatic rings. The molecule has 0 spiro atoms. The van der Waals surface area contributed by atoms with Gasteiger partial charge in [-0.05, 0) is 76.6 Å². The van der Waals surface area contributed by atoms with Crippen molar-refractivity contribution < 1.29 is 4.79 Å². The maximum absolute atomic E-state index is 13.7. The summed E-state index contributed by atoms with van der Waals surface area (Å²) >= 11 is 0. The highest BCUT2D eigenvalue weighted by Gasteiger charge is 2.37. The van der Waals surface area contributed by atoms with Crippen LogP contribution in [0, 0.1) is 0 Å². The zero-order valence-corrected chi connectivity index (χ0v) is 21.4. The van der Waals surface area contributed by atoms with Crippen molar-refractivity contribution in [2.75, 3.05) is 0 Å². The van der Waals surface area contributed by atoms with Crippen molar-refractivity contribution in [3.63, 3.8) is 0 Å². The van der Waals surface area contributed by atoms with Crippen molar-refractivity contribution in [1.82, 2.24) is 4.90 Å². The minimum Gasteiger partial charge on any atom is -0.325 e. The van der Waals surface area contributed by atoms with Crippen LogP contribution < -0.4 is 0 Å². The molecule has 1 saturated heterocycles. The van der Waals surface area contributed by atoms with Gasteiger partial charge in [0.15, 0.2) is 0 Å². The van der Waals surface area contributed by atoms with Crippen LogP contribution in [0.5, 0.6) is 0 Å². The van der Waals surface area contributed by atoms with E-state index in [4.69, 9.17) is 0 Å². The van der Waals surface area contributed by atoms with Crippen molar-refractivity contribution in [3.8, 4) is 0 Å². The number of hydrogen-bond acceptors (Lipinski definition) is 1. The Morgan fingerprint density at radius 3 is 1.81 bits per heavy atom. The second kappa shape index (κ2) is 11.6. The third-order valence-electron chi connectivity index (χ3n) is 7.69. The van der Waals surface area contributed by atoms with Crippen LogP contribution in [0.15, 0.2) is 97.1 Å². The van der Waals surface area contributed by atoms with Gasteiger partial charge in [-0.1, -0.05) is 111 Å². The summed E-state index contributed by atoms with van der Waals surface area (Å²) in [6, 6.07) is 30.5. The van der Waals surface area contributed by atoms with Crippen molar-refractivity contribution in [1.29, 1.82) is 0 Å². The Bertz CT molecular complexity index is 1270. The van der Waals surface area contributed by atoms with Gasteiger partial charge in [0.1, 0.15) is 0 Å². The van der Waals surface area contributed by atoms with Crippen LogP contribution in [0.3, 0.4) is 0 Å². The fraction of sp³-hybridized carbons (Fsp3) is 0.324. The second-order valence-electron chi connectivity index (χ2n) is 10.2. The first-order chi connectivity index (χ1) is 17.7. The molecule has 36 heavy (non-hydrogen) atoms. The van der Waals surface area contributed by atoms with Crippen LogP contribution >= 0.6 is 0 Å². The highest BCUT2D eigenvalue weighted by Crippen LogP contribution is 2.45. The molecule has 4 aromatic carbocycles. The second-order valence-corrected chi connectivity index (χ2v) is 10.2. The van der Waals surface area contributed by atoms with Crippen LogP contribution in [0.1, 0.15) is 81.5 Å². The third-order valence-corrected chi connectivity index (χ3v) is 7.69. The number of nitrogens with zero attached hydrogens (tertiary/aromatic N) is 1. The Labute approximate surface area is 215 Å². The molecule has 1 aliphatic heterocycles. The highest BCUT2D eigenvalue weighted by molar-refractivity contribution is 5.89. The number of rotatable bonds is 9. The van der Waals surface area contributed by atoms with E-state index in [1.54, 1.807) is 0 Å². The maximum atomic E-state index is 13.7. The van der Waals surface area contributed by atoms with Gasteiger partial charge in [-0.2, -0.15) is 0 Å². The summed E-state index contributed by atoms with van der Waals surface area (Å²) in [5.41, 5.74) is 2.47. The third kappa shape index (κ3) is 5.38. The van der Waals surface area contributed by atoms with E-state index in [1.807, 2.05) is 6.08 Å². The van der Waals surface area contributed by atoms with E-state index < -0.39 is 0 Å². The van der Waals surface area contributed by atoms with E-state index in [9.17, 15) is 4.79 Å². The van der Waals surface area contributed by atoms with Crippen LogP contribution in [-0.2, 0) is 4.79 Å². The summed E-state index contributed by atoms with van der Waals surface area (Å²) in [6.45, 7) is 2.24. The first-order valence-corrected chi connectivity index (χ1v) is 13.7. The number of hydrogen-bond donors (Lipinski definition) is 0. The smallest absolute Gasteiger partial charge is 0.247 e. The van der Waals surface area contributed by atoms with Gasteiger partial charge in [0.05, 0.1) is 12.1 Å². The van der Waals surface area contributed by atoms with Crippen LogP contribution in [-0.4, -0.2) is 10.8 Å². The van der Waals surface area contributed by atoms with Crippen molar-refractivity contribution >= 4 is 27.5 Å². The molecule has 0 saturated carbocycles. The molecule has 1 fully saturated rings. The number of fused-ring (bicyclic) bond motifs is 2. The minimum atomic E-state index is 0.0905. The molecule has 5 rings (SSSR count). The van der Waals surface area contributed by atoms with Gasteiger partial charge >= 0.3 is 0 Å². The molecule has 0 aliphatic carbocycles. The lowest BCUT2D eigenvalue weighted by Crippen LogP contribution is -2.31. The monoisotopic (exact) mass is 475 g/mol. The Kier molecular flexibility index (Phi) is 7.81. The van der Waals surface area contributed by atoms with E-state index in [-0.39, 0.29) is 18.0 Å². The summed E-state index contributed by atoms with van der Waals surface area (Å²) in [4.78, 5) is 15.9. The Balaban J connectivity index is 1.42. The number of amides is 1. The number of likely N-dealkylation sites (tertiary alicyclic amines) is 1. The average molecular weight is 476 g/mol. The number of benzene rings is 4. The Hall–Kier alpha value is -3.39. The van der Waals surface area contributed by atoms with Crippen molar-refractivity contribution in [3.05, 3.63) is 108 Å². The van der Waals surface area contributed by atoms with Crippen LogP contribution in [0.25, 0.3) is 21.5 Å². The lowest BCUT2D eigenvalue weighted by molar-refractivity contribution is -0.129. The summed E-state index contributed by atoms with van der Waals surface area (Å²) < 4.78 is 0. The molecule has 0 bridgehead atoms. The molecular formula is C34H37NO. The Morgan fingerprint density at radius 2 is 1.25 bits per heavy atom. The summed E-state index contributed by atoms with van der Waals surface area (Å²) in [5.74, 6) is 0.136. The van der Waals surface area contributed by atoms with E-state index >= 15 is 0 Å². The van der Waals surface area contributed by atoms with Gasteiger partial charge in [-0.3, -0.25) is 4.79 Å². The first-order valence-electron chi connectivity index (χ1n) is 13.7. The summed E-state index contributed by atoms with van der Waals surface area (Å²) in [6.07, 6.45) is 13.1. The zero-order valence-electron chi connectivity index (χ0n) is 21.4. The van der Waals surface area contributed by atoms with E-state index in [0.29, 0.717) is 0 Å². The largest absolute Gasteiger partial charge is 0.325 e. The number of carbonyl (C=O) groups is 1. The lowest BCUT2D eigenvalue weighted by Gasteiger charge is -2.30. The molecule has 1 amide bonds. The molecule has 1 heterocycles. The van der Waals surface area contributed by atoms with Crippen molar-refractivity contribution in [2.45, 2.75) is 70.4 Å². The van der Waals surface area contributed by atoms with Gasteiger partial charge in [0.25, 0.3) is 0 Å². The molecule has 2 atom stereocenters. The summed E-state index contributed by atoms with van der Waals surface area (Å²) in [7, 11) is 0. The molecule has 0 aromatic heterocycles. The fourth-order valence-corrected chi connectivity index (χ4v) is 5.74. The highest BCUT2D eigenvalue weighted by atomic mass is 16.2. The van der Waals surface area contributed by atoms with Gasteiger partial charge in [0.2, 0.25) is 5.91 Å². The standard InChI is InChI=1S/C34H37NO/c1-2-3-4-5-6-7-8-17-34(36)35-32(30-20-18-26-13-9-11-15-28(26)24-30)22-23-33(35)31-21-19-27-14-10-12-16-29(27)25-31/h8-21,24-25,32-33H,2-7,22-23H2,1H3/b17-8-/t32-,33-/m0/s1. The van der Waals surface area contributed by atoms with Gasteiger partial charge in [0, 0.05) is 0 Å². The summed E-state index contributed by atoms with van der Waals surface area (Å²) in [5, 5.41) is 4.95. The molecule has 2 heteroatoms. The average Bonchev–Trinajstić information content (AvgIpc) is 3.37. The van der Waals surface area contributed by atoms with E-state index in [1.165, 1.54) is 58.4 Å². The SMILES string of the molecule is CCCCCCC/C=C\C(=O)N1[C@H](c2ccc3ccccc3c2)CC[C@H]1c1ccc2ccccc2c1. The molecule has 0 radical (unpaired) electrons. The minimum absolute atomic E-state index is 0.0905. The van der Waals surface area contributed by atoms with Gasteiger partial charge in [-0.15, -0.1) is 0 Å². The number of carbonyl (C=O) groups excluding carboxylic acids is 1. The Morgan fingerprint density at radius 1 is 0.722 bits per heavy atom. The molecule has 0 unspecified atom stereocenters. The van der Waals surface area contributed by atoms with Gasteiger partial charge in [-0.25, -0.2) is 0 Å². The number of allylic oxidation sites excluding steroid dienone is 1. The number of unbranched alkanes of at least 4 members (excludes halogenated alkanes) is 5. The van der Waals surface area contributed by atoms with Crippen LogP contribution in [0.2, 0.25) is 0 Å². The van der Waals surface area contributed by atoms with E-state index in [0.717, 1.165) is 25.7 Å². The van der Waals surface area contributed by atoms with Crippen LogP contribution in [0.4, 0.5) is 0 Å². The van der Waals surface area contributed by atoms with Crippen molar-refractivity contribution in [2.24, 2.45) is 0 Å². The lowest BCUT2D eigenvalue weighted by atomic mass is 10.00. The zero-order chi connectivity index (χ0) is 24.7. The van der Waals surface area contributed by atoms with E-state index in [2.05, 4.69) is 103 Å². The molecule has 184 valence electrons. The topological polar surface area (TPSA) is 20.3 Å². The first kappa shape index (κ1) is 24.3. The molecule has 2 nitrogen and oxygen atoms in total. The molecule has 0 N–H and O–H groups in total. The predicted molar refractivity (Wildman–Crippen MR) is 152 cm³/mol. The molecule has 4 aromatic rings.